The summed E-state index contributed by atoms with van der Waals surface area (Å²) in [6, 6.07) is 0.850. The zero-order chi connectivity index (χ0) is 13.2. The number of rotatable bonds is 1. The van der Waals surface area contributed by atoms with Crippen molar-refractivity contribution in [1.29, 1.82) is 0 Å². The smallest absolute Gasteiger partial charge is 0.120 e. The van der Waals surface area contributed by atoms with Gasteiger partial charge in [0.2, 0.25) is 0 Å². The van der Waals surface area contributed by atoms with Gasteiger partial charge in [-0.3, -0.25) is 18.9 Å². The first-order chi connectivity index (χ1) is 9.25. The lowest BCUT2D eigenvalue weighted by Gasteiger charge is -2.51. The number of hydrogen-bond donors (Lipinski definition) is 0. The molecule has 3 aliphatic heterocycles. The largest absolute Gasteiger partial charge is 0.299 e. The molecule has 0 N–H and O–H groups in total. The van der Waals surface area contributed by atoms with Gasteiger partial charge < -0.3 is 0 Å². The Morgan fingerprint density at radius 2 is 1.32 bits per heavy atom. The number of hydrogen-bond acceptors (Lipinski definition) is 4. The second-order valence-corrected chi connectivity index (χ2v) is 8.74. The second kappa shape index (κ2) is 6.36. The molecule has 0 atom stereocenters. The van der Waals surface area contributed by atoms with Crippen LogP contribution in [0.5, 0.6) is 0 Å². The molecule has 4 fully saturated rings. The van der Waals surface area contributed by atoms with E-state index in [4.69, 9.17) is 0 Å². The maximum absolute atomic E-state index is 2.87. The molecule has 3 saturated heterocycles. The van der Waals surface area contributed by atoms with Gasteiger partial charge in [-0.2, -0.15) is 0 Å². The molecular weight excluding hydrogens is 255 g/mol. The quantitative estimate of drug-likeness (QED) is 0.683. The van der Waals surface area contributed by atoms with Crippen LogP contribution in [0.15, 0.2) is 0 Å². The molecule has 19 heavy (non-hydrogen) atoms. The van der Waals surface area contributed by atoms with E-state index in [1.807, 2.05) is 0 Å². The Hall–Kier alpha value is 0.270. The molecule has 0 amide bonds. The molecule has 0 radical (unpaired) electrons. The lowest BCUT2D eigenvalue weighted by molar-refractivity contribution is 0.150. The third-order valence-corrected chi connectivity index (χ3v) is 7.57. The minimum atomic E-state index is -0.213. The van der Waals surface area contributed by atoms with Crippen molar-refractivity contribution in [2.75, 3.05) is 53.4 Å². The van der Waals surface area contributed by atoms with Gasteiger partial charge in [-0.05, 0) is 26.9 Å². The van der Waals surface area contributed by atoms with Crippen LogP contribution in [-0.4, -0.2) is 78.3 Å². The Bertz CT molecular complexity index is 281. The first-order valence-electron chi connectivity index (χ1n) is 7.97. The van der Waals surface area contributed by atoms with Crippen LogP contribution in [-0.2, 0) is 0 Å². The van der Waals surface area contributed by atoms with E-state index in [1.165, 1.54) is 71.4 Å². The van der Waals surface area contributed by atoms with Gasteiger partial charge in [-0.15, -0.1) is 0 Å². The van der Waals surface area contributed by atoms with Gasteiger partial charge in [-0.1, -0.05) is 19.3 Å². The normalized spacial score (nSPS) is 36.9. The van der Waals surface area contributed by atoms with Gasteiger partial charge in [0.1, 0.15) is 8.37 Å². The summed E-state index contributed by atoms with van der Waals surface area (Å²) in [6.45, 7) is 7.57. The highest BCUT2D eigenvalue weighted by atomic mass is 31.2. The molecular formula is C14H29N4P. The Balaban J connectivity index is 1.80. The summed E-state index contributed by atoms with van der Waals surface area (Å²) in [6.07, 6.45) is 7.21. The van der Waals surface area contributed by atoms with Crippen molar-refractivity contribution >= 4 is 8.37 Å². The lowest BCUT2D eigenvalue weighted by Crippen LogP contribution is -2.52. The summed E-state index contributed by atoms with van der Waals surface area (Å²) >= 11 is 0. The van der Waals surface area contributed by atoms with Crippen LogP contribution in [0.3, 0.4) is 0 Å². The van der Waals surface area contributed by atoms with Gasteiger partial charge in [0, 0.05) is 45.3 Å². The fraction of sp³-hybridized carbons (Fsp3) is 1.00. The van der Waals surface area contributed by atoms with Gasteiger partial charge >= 0.3 is 0 Å². The predicted molar refractivity (Wildman–Crippen MR) is 82.2 cm³/mol. The highest BCUT2D eigenvalue weighted by Crippen LogP contribution is 2.50. The standard InChI is InChI=1S/C14H29N4P/c1-15-8-10-17-11-9-16(2)19(15)18(13-12-17)14-6-4-3-5-7-14/h14H,3-13H2,1-2H3. The Labute approximate surface area is 119 Å². The highest BCUT2D eigenvalue weighted by molar-refractivity contribution is 7.50. The second-order valence-electron chi connectivity index (χ2n) is 6.33. The Kier molecular flexibility index (Phi) is 4.76. The minimum Gasteiger partial charge on any atom is -0.299 e. The van der Waals surface area contributed by atoms with E-state index in [1.54, 1.807) is 0 Å². The van der Waals surface area contributed by atoms with Crippen LogP contribution in [0.1, 0.15) is 32.1 Å². The highest BCUT2D eigenvalue weighted by Gasteiger charge is 2.36. The van der Waals surface area contributed by atoms with Crippen molar-refractivity contribution in [3.05, 3.63) is 0 Å². The van der Waals surface area contributed by atoms with Crippen LogP contribution in [0, 0.1) is 0 Å². The topological polar surface area (TPSA) is 13.0 Å². The molecule has 110 valence electrons. The minimum absolute atomic E-state index is 0.213. The van der Waals surface area contributed by atoms with Crippen molar-refractivity contribution in [1.82, 2.24) is 18.9 Å². The van der Waals surface area contributed by atoms with E-state index in [2.05, 4.69) is 33.0 Å². The molecule has 0 aromatic rings. The fourth-order valence-corrected chi connectivity index (χ4v) is 6.41. The van der Waals surface area contributed by atoms with E-state index in [0.717, 1.165) is 6.04 Å². The molecule has 4 aliphatic rings. The molecule has 0 spiro atoms. The van der Waals surface area contributed by atoms with E-state index >= 15 is 0 Å². The molecule has 0 aromatic heterocycles. The van der Waals surface area contributed by atoms with Crippen molar-refractivity contribution < 1.29 is 0 Å². The molecule has 4 rings (SSSR count). The molecule has 4 nitrogen and oxygen atoms in total. The monoisotopic (exact) mass is 284 g/mol. The maximum Gasteiger partial charge on any atom is 0.120 e. The van der Waals surface area contributed by atoms with Crippen LogP contribution < -0.4 is 0 Å². The number of fused-ring (bicyclic) bond motifs is 6. The number of nitrogens with zero attached hydrogens (tertiary/aromatic N) is 4. The summed E-state index contributed by atoms with van der Waals surface area (Å²) < 4.78 is 8.14. The van der Waals surface area contributed by atoms with Crippen LogP contribution in [0.2, 0.25) is 0 Å². The van der Waals surface area contributed by atoms with Gasteiger partial charge in [0.05, 0.1) is 0 Å². The van der Waals surface area contributed by atoms with E-state index in [9.17, 15) is 0 Å². The summed E-state index contributed by atoms with van der Waals surface area (Å²) in [5.41, 5.74) is 0. The maximum atomic E-state index is 2.87. The zero-order valence-corrected chi connectivity index (χ0v) is 13.5. The molecule has 2 bridgehead atoms. The predicted octanol–water partition coefficient (Wildman–Crippen LogP) is 2.04. The fourth-order valence-electron chi connectivity index (χ4n) is 3.78. The van der Waals surface area contributed by atoms with E-state index < -0.39 is 0 Å². The molecule has 5 heteroatoms. The van der Waals surface area contributed by atoms with Crippen molar-refractivity contribution in [2.24, 2.45) is 0 Å². The molecule has 1 aliphatic carbocycles. The third kappa shape index (κ3) is 3.14. The summed E-state index contributed by atoms with van der Waals surface area (Å²) in [7, 11) is 4.47. The average molecular weight is 284 g/mol. The van der Waals surface area contributed by atoms with Crippen molar-refractivity contribution in [2.45, 2.75) is 38.1 Å². The van der Waals surface area contributed by atoms with Crippen LogP contribution in [0.4, 0.5) is 0 Å². The van der Waals surface area contributed by atoms with Crippen molar-refractivity contribution in [3.63, 3.8) is 0 Å². The van der Waals surface area contributed by atoms with Crippen LogP contribution in [0.25, 0.3) is 0 Å². The summed E-state index contributed by atoms with van der Waals surface area (Å²) in [4.78, 5) is 2.66. The lowest BCUT2D eigenvalue weighted by atomic mass is 9.95. The molecule has 0 aromatic carbocycles. The van der Waals surface area contributed by atoms with Gasteiger partial charge in [0.25, 0.3) is 0 Å². The van der Waals surface area contributed by atoms with E-state index in [-0.39, 0.29) is 8.37 Å². The third-order valence-electron chi connectivity index (χ3n) is 4.96. The Morgan fingerprint density at radius 1 is 0.737 bits per heavy atom. The molecule has 1 saturated carbocycles. The SMILES string of the molecule is CN1CCN2CCN(C)P1N(C1CCCCC1)CC2. The molecule has 0 unspecified atom stereocenters. The van der Waals surface area contributed by atoms with Crippen LogP contribution >= 0.6 is 8.37 Å². The van der Waals surface area contributed by atoms with Crippen molar-refractivity contribution in [3.8, 4) is 0 Å². The summed E-state index contributed by atoms with van der Waals surface area (Å²) in [5.74, 6) is 0. The zero-order valence-electron chi connectivity index (χ0n) is 12.6. The van der Waals surface area contributed by atoms with Gasteiger partial charge in [0.15, 0.2) is 0 Å². The molecule has 3 heterocycles. The summed E-state index contributed by atoms with van der Waals surface area (Å²) in [5, 5.41) is 0. The first kappa shape index (κ1) is 14.2. The number of likely N-dealkylation sites (N-methyl/N-ethyl adjacent to an activating group) is 2. The Morgan fingerprint density at radius 3 is 1.95 bits per heavy atom. The first-order valence-corrected chi connectivity index (χ1v) is 9.17. The average Bonchev–Trinajstić information content (AvgIpc) is 2.40. The van der Waals surface area contributed by atoms with E-state index in [0.29, 0.717) is 0 Å². The van der Waals surface area contributed by atoms with Gasteiger partial charge in [-0.25, -0.2) is 0 Å².